The Bertz CT molecular complexity index is 134. The fraction of sp³-hybridized carbons (Fsp3) is 0.800. The molecule has 0 aliphatic carbocycles. The van der Waals surface area contributed by atoms with Crippen molar-refractivity contribution in [2.24, 2.45) is 0 Å². The smallest absolute Gasteiger partial charge is 0.184 e. The zero-order valence-corrected chi connectivity index (χ0v) is 7.79. The summed E-state index contributed by atoms with van der Waals surface area (Å²) in [5, 5.41) is 0. The summed E-state index contributed by atoms with van der Waals surface area (Å²) in [5.41, 5.74) is 0. The summed E-state index contributed by atoms with van der Waals surface area (Å²) in [5.74, 6) is 0. The third-order valence-corrected chi connectivity index (χ3v) is 1.96. The molecule has 2 unspecified atom stereocenters. The SMILES string of the molecule is C=CCC1OC1OCCCCC. The summed E-state index contributed by atoms with van der Waals surface area (Å²) in [6, 6.07) is 0. The van der Waals surface area contributed by atoms with Gasteiger partial charge in [-0.25, -0.2) is 0 Å². The molecule has 2 heteroatoms. The summed E-state index contributed by atoms with van der Waals surface area (Å²) in [7, 11) is 0. The van der Waals surface area contributed by atoms with Gasteiger partial charge in [0, 0.05) is 6.61 Å². The van der Waals surface area contributed by atoms with Gasteiger partial charge in [0.2, 0.25) is 0 Å². The Labute approximate surface area is 74.6 Å². The molecule has 1 fully saturated rings. The molecule has 1 aliphatic rings. The van der Waals surface area contributed by atoms with Crippen molar-refractivity contribution < 1.29 is 9.47 Å². The van der Waals surface area contributed by atoms with Crippen molar-refractivity contribution in [2.45, 2.75) is 45.0 Å². The van der Waals surface area contributed by atoms with Crippen LogP contribution >= 0.6 is 0 Å². The fourth-order valence-electron chi connectivity index (χ4n) is 1.16. The molecule has 1 heterocycles. The standard InChI is InChI=1S/C10H18O2/c1-3-5-6-8-11-10-9(12-10)7-4-2/h4,9-10H,2-3,5-8H2,1H3. The lowest BCUT2D eigenvalue weighted by Gasteiger charge is -1.98. The molecule has 1 rings (SSSR count). The second-order valence-electron chi connectivity index (χ2n) is 3.15. The zero-order chi connectivity index (χ0) is 8.81. The van der Waals surface area contributed by atoms with Gasteiger partial charge in [-0.05, 0) is 12.8 Å². The second-order valence-corrected chi connectivity index (χ2v) is 3.15. The summed E-state index contributed by atoms with van der Waals surface area (Å²) in [4.78, 5) is 0. The van der Waals surface area contributed by atoms with E-state index in [1.165, 1.54) is 12.8 Å². The van der Waals surface area contributed by atoms with E-state index in [-0.39, 0.29) is 6.29 Å². The number of epoxide rings is 1. The molecule has 0 spiro atoms. The minimum Gasteiger partial charge on any atom is -0.350 e. The molecule has 1 aliphatic heterocycles. The first-order chi connectivity index (χ1) is 5.88. The third-order valence-electron chi connectivity index (χ3n) is 1.96. The molecule has 0 saturated carbocycles. The number of rotatable bonds is 7. The van der Waals surface area contributed by atoms with Crippen LogP contribution in [0.3, 0.4) is 0 Å². The van der Waals surface area contributed by atoms with Gasteiger partial charge in [0.15, 0.2) is 6.29 Å². The Morgan fingerprint density at radius 1 is 1.50 bits per heavy atom. The normalized spacial score (nSPS) is 27.1. The van der Waals surface area contributed by atoms with Gasteiger partial charge < -0.3 is 9.47 Å². The van der Waals surface area contributed by atoms with E-state index in [1.807, 2.05) is 6.08 Å². The van der Waals surface area contributed by atoms with Crippen LogP contribution in [0.25, 0.3) is 0 Å². The minimum absolute atomic E-state index is 0.0693. The Hall–Kier alpha value is -0.340. The first kappa shape index (κ1) is 9.75. The van der Waals surface area contributed by atoms with Gasteiger partial charge in [-0.1, -0.05) is 25.8 Å². The molecule has 0 bridgehead atoms. The maximum absolute atomic E-state index is 5.45. The topological polar surface area (TPSA) is 21.8 Å². The van der Waals surface area contributed by atoms with E-state index in [9.17, 15) is 0 Å². The van der Waals surface area contributed by atoms with Crippen molar-refractivity contribution in [3.05, 3.63) is 12.7 Å². The quantitative estimate of drug-likeness (QED) is 0.332. The molecule has 0 N–H and O–H groups in total. The van der Waals surface area contributed by atoms with Crippen LogP contribution in [0.2, 0.25) is 0 Å². The molecular formula is C10H18O2. The highest BCUT2D eigenvalue weighted by Gasteiger charge is 2.38. The number of ether oxygens (including phenoxy) is 2. The molecule has 0 aromatic heterocycles. The Balaban J connectivity index is 1.86. The molecule has 0 radical (unpaired) electrons. The lowest BCUT2D eigenvalue weighted by Crippen LogP contribution is -2.01. The Morgan fingerprint density at radius 3 is 3.00 bits per heavy atom. The van der Waals surface area contributed by atoms with Gasteiger partial charge in [-0.3, -0.25) is 0 Å². The number of unbranched alkanes of at least 4 members (excludes halogenated alkanes) is 2. The average molecular weight is 170 g/mol. The average Bonchev–Trinajstić information content (AvgIpc) is 2.79. The Kier molecular flexibility index (Phi) is 4.33. The molecule has 0 aromatic carbocycles. The first-order valence-electron chi connectivity index (χ1n) is 4.76. The van der Waals surface area contributed by atoms with Crippen LogP contribution in [0.4, 0.5) is 0 Å². The van der Waals surface area contributed by atoms with Crippen LogP contribution in [-0.4, -0.2) is 19.0 Å². The first-order valence-corrected chi connectivity index (χ1v) is 4.76. The van der Waals surface area contributed by atoms with Gasteiger partial charge in [0.1, 0.15) is 6.10 Å². The lowest BCUT2D eigenvalue weighted by molar-refractivity contribution is 0.0480. The van der Waals surface area contributed by atoms with Crippen LogP contribution in [-0.2, 0) is 9.47 Å². The van der Waals surface area contributed by atoms with Crippen molar-refractivity contribution in [3.8, 4) is 0 Å². The molecule has 2 nitrogen and oxygen atoms in total. The monoisotopic (exact) mass is 170 g/mol. The Morgan fingerprint density at radius 2 is 2.33 bits per heavy atom. The highest BCUT2D eigenvalue weighted by Crippen LogP contribution is 2.26. The zero-order valence-electron chi connectivity index (χ0n) is 7.79. The van der Waals surface area contributed by atoms with Gasteiger partial charge in [-0.15, -0.1) is 6.58 Å². The minimum atomic E-state index is 0.0693. The van der Waals surface area contributed by atoms with E-state index in [2.05, 4.69) is 13.5 Å². The van der Waals surface area contributed by atoms with Crippen LogP contribution < -0.4 is 0 Å². The fourth-order valence-corrected chi connectivity index (χ4v) is 1.16. The van der Waals surface area contributed by atoms with Crippen molar-refractivity contribution in [2.75, 3.05) is 6.61 Å². The highest BCUT2D eigenvalue weighted by molar-refractivity contribution is 4.84. The molecule has 2 atom stereocenters. The molecule has 70 valence electrons. The van der Waals surface area contributed by atoms with E-state index in [0.29, 0.717) is 6.10 Å². The summed E-state index contributed by atoms with van der Waals surface area (Å²) >= 11 is 0. The maximum Gasteiger partial charge on any atom is 0.184 e. The lowest BCUT2D eigenvalue weighted by atomic mass is 10.3. The van der Waals surface area contributed by atoms with E-state index in [0.717, 1.165) is 19.4 Å². The van der Waals surface area contributed by atoms with Gasteiger partial charge in [-0.2, -0.15) is 0 Å². The number of hydrogen-bond acceptors (Lipinski definition) is 2. The van der Waals surface area contributed by atoms with Crippen molar-refractivity contribution in [3.63, 3.8) is 0 Å². The van der Waals surface area contributed by atoms with E-state index >= 15 is 0 Å². The van der Waals surface area contributed by atoms with Crippen molar-refractivity contribution >= 4 is 0 Å². The van der Waals surface area contributed by atoms with Gasteiger partial charge in [0.05, 0.1) is 0 Å². The summed E-state index contributed by atoms with van der Waals surface area (Å²) in [6.45, 7) is 6.68. The van der Waals surface area contributed by atoms with Gasteiger partial charge in [0.25, 0.3) is 0 Å². The maximum atomic E-state index is 5.45. The predicted octanol–water partition coefficient (Wildman–Crippen LogP) is 2.49. The molecule has 0 amide bonds. The third kappa shape index (κ3) is 3.37. The van der Waals surface area contributed by atoms with Crippen molar-refractivity contribution in [1.29, 1.82) is 0 Å². The van der Waals surface area contributed by atoms with Crippen LogP contribution in [0.15, 0.2) is 12.7 Å². The second kappa shape index (κ2) is 5.33. The molecule has 12 heavy (non-hydrogen) atoms. The highest BCUT2D eigenvalue weighted by atomic mass is 16.8. The largest absolute Gasteiger partial charge is 0.350 e. The molecular weight excluding hydrogens is 152 g/mol. The predicted molar refractivity (Wildman–Crippen MR) is 49.0 cm³/mol. The van der Waals surface area contributed by atoms with E-state index in [1.54, 1.807) is 0 Å². The van der Waals surface area contributed by atoms with Crippen LogP contribution in [0.5, 0.6) is 0 Å². The number of hydrogen-bond donors (Lipinski definition) is 0. The molecule has 1 saturated heterocycles. The van der Waals surface area contributed by atoms with Crippen LogP contribution in [0.1, 0.15) is 32.6 Å². The van der Waals surface area contributed by atoms with E-state index < -0.39 is 0 Å². The van der Waals surface area contributed by atoms with E-state index in [4.69, 9.17) is 9.47 Å². The summed E-state index contributed by atoms with van der Waals surface area (Å²) in [6.07, 6.45) is 6.79. The van der Waals surface area contributed by atoms with Crippen LogP contribution in [0, 0.1) is 0 Å². The summed E-state index contributed by atoms with van der Waals surface area (Å²) < 4.78 is 10.7. The van der Waals surface area contributed by atoms with Crippen molar-refractivity contribution in [1.82, 2.24) is 0 Å². The van der Waals surface area contributed by atoms with Gasteiger partial charge >= 0.3 is 0 Å². The molecule has 0 aromatic rings.